The lowest BCUT2D eigenvalue weighted by Gasteiger charge is -2.43. The third-order valence-corrected chi connectivity index (χ3v) is 6.23. The third kappa shape index (κ3) is 3.06. The summed E-state index contributed by atoms with van der Waals surface area (Å²) in [5, 5.41) is 17.6. The van der Waals surface area contributed by atoms with Crippen molar-refractivity contribution in [2.24, 2.45) is 0 Å². The summed E-state index contributed by atoms with van der Waals surface area (Å²) >= 11 is 1.79. The number of fused-ring (bicyclic) bond motifs is 2. The predicted octanol–water partition coefficient (Wildman–Crippen LogP) is 2.17. The number of piperidine rings is 1. The number of hydrogen-bond acceptors (Lipinski definition) is 5. The van der Waals surface area contributed by atoms with Crippen LogP contribution in [0.4, 0.5) is 0 Å². The number of thiophene rings is 1. The number of rotatable bonds is 4. The van der Waals surface area contributed by atoms with Crippen molar-refractivity contribution in [1.29, 1.82) is 0 Å². The molecule has 2 aliphatic rings. The molecule has 1 N–H and O–H groups in total. The van der Waals surface area contributed by atoms with Crippen LogP contribution in [0.1, 0.15) is 36.3 Å². The quantitative estimate of drug-likeness (QED) is 0.923. The van der Waals surface area contributed by atoms with Crippen LogP contribution in [0.15, 0.2) is 34.4 Å². The molecular weight excluding hydrogens is 322 g/mol. The Kier molecular flexibility index (Phi) is 4.06. The largest absolute Gasteiger partial charge is 0.388 e. The van der Waals surface area contributed by atoms with E-state index in [1.807, 2.05) is 6.92 Å². The lowest BCUT2D eigenvalue weighted by atomic mass is 9.86. The number of aryl methyl sites for hydroxylation is 1. The zero-order valence-electron chi connectivity index (χ0n) is 13.9. The maximum absolute atomic E-state index is 12.0. The first kappa shape index (κ1) is 16.0. The standard InChI is InChI=1S/C18H23N3O2S/c1-13-4-7-17(22)21(19-13)12-18(23)9-14-5-6-15(10-18)20(14)11-16-3-2-8-24-16/h2-4,7-8,14-15,23H,5-6,9-12H2,1H3/t14-,15-/m0/s1. The minimum absolute atomic E-state index is 0.137. The van der Waals surface area contributed by atoms with Crippen molar-refractivity contribution >= 4 is 11.3 Å². The molecule has 24 heavy (non-hydrogen) atoms. The van der Waals surface area contributed by atoms with E-state index in [9.17, 15) is 9.90 Å². The Morgan fingerprint density at radius 2 is 2.04 bits per heavy atom. The average Bonchev–Trinajstić information content (AvgIpc) is 3.12. The summed E-state index contributed by atoms with van der Waals surface area (Å²) in [6, 6.07) is 8.33. The van der Waals surface area contributed by atoms with Gasteiger partial charge < -0.3 is 5.11 Å². The molecule has 2 fully saturated rings. The highest BCUT2D eigenvalue weighted by molar-refractivity contribution is 7.09. The second kappa shape index (κ2) is 6.10. The first-order valence-corrected chi connectivity index (χ1v) is 9.46. The molecule has 0 radical (unpaired) electrons. The number of aromatic nitrogens is 2. The first-order valence-electron chi connectivity index (χ1n) is 8.58. The molecule has 2 aliphatic heterocycles. The van der Waals surface area contributed by atoms with E-state index in [2.05, 4.69) is 27.5 Å². The smallest absolute Gasteiger partial charge is 0.266 e. The molecule has 0 aromatic carbocycles. The molecule has 5 nitrogen and oxygen atoms in total. The molecule has 4 heterocycles. The predicted molar refractivity (Wildman–Crippen MR) is 94.1 cm³/mol. The van der Waals surface area contributed by atoms with Crippen LogP contribution in [-0.4, -0.2) is 37.5 Å². The zero-order valence-corrected chi connectivity index (χ0v) is 14.7. The Labute approximate surface area is 145 Å². The first-order chi connectivity index (χ1) is 11.5. The van der Waals surface area contributed by atoms with Gasteiger partial charge >= 0.3 is 0 Å². The normalized spacial score (nSPS) is 29.9. The Hall–Kier alpha value is -1.50. The van der Waals surface area contributed by atoms with Gasteiger partial charge in [0, 0.05) is 29.6 Å². The highest BCUT2D eigenvalue weighted by Crippen LogP contribution is 2.42. The lowest BCUT2D eigenvalue weighted by Crippen LogP contribution is -2.53. The van der Waals surface area contributed by atoms with Crippen LogP contribution in [0.5, 0.6) is 0 Å². The summed E-state index contributed by atoms with van der Waals surface area (Å²) in [5.74, 6) is 0. The van der Waals surface area contributed by atoms with Crippen molar-refractivity contribution in [1.82, 2.24) is 14.7 Å². The average molecular weight is 345 g/mol. The van der Waals surface area contributed by atoms with E-state index in [4.69, 9.17) is 0 Å². The van der Waals surface area contributed by atoms with Gasteiger partial charge in [0.2, 0.25) is 0 Å². The summed E-state index contributed by atoms with van der Waals surface area (Å²) in [7, 11) is 0. The van der Waals surface area contributed by atoms with Gasteiger partial charge in [-0.2, -0.15) is 5.10 Å². The Morgan fingerprint density at radius 1 is 1.29 bits per heavy atom. The number of hydrogen-bond donors (Lipinski definition) is 1. The van der Waals surface area contributed by atoms with Gasteiger partial charge in [0.05, 0.1) is 17.8 Å². The summed E-state index contributed by atoms with van der Waals surface area (Å²) in [5.41, 5.74) is -0.165. The summed E-state index contributed by atoms with van der Waals surface area (Å²) < 4.78 is 1.43. The van der Waals surface area contributed by atoms with Crippen LogP contribution in [0.25, 0.3) is 0 Å². The lowest BCUT2D eigenvalue weighted by molar-refractivity contribution is -0.0675. The summed E-state index contributed by atoms with van der Waals surface area (Å²) in [6.45, 7) is 3.15. The molecule has 0 unspecified atom stereocenters. The van der Waals surface area contributed by atoms with Gasteiger partial charge in [0.25, 0.3) is 5.56 Å². The van der Waals surface area contributed by atoms with Crippen LogP contribution in [-0.2, 0) is 13.1 Å². The Morgan fingerprint density at radius 3 is 2.71 bits per heavy atom. The molecule has 128 valence electrons. The molecular formula is C18H23N3O2S. The molecule has 0 aliphatic carbocycles. The number of aliphatic hydroxyl groups is 1. The summed E-state index contributed by atoms with van der Waals surface area (Å²) in [4.78, 5) is 16.0. The molecule has 2 aromatic rings. The van der Waals surface area contributed by atoms with Gasteiger partial charge in [-0.15, -0.1) is 11.3 Å². The van der Waals surface area contributed by atoms with Crippen molar-refractivity contribution in [3.05, 3.63) is 50.6 Å². The molecule has 2 bridgehead atoms. The second-order valence-corrected chi connectivity index (χ2v) is 8.27. The van der Waals surface area contributed by atoms with Gasteiger partial charge in [-0.25, -0.2) is 4.68 Å². The molecule has 6 heteroatoms. The van der Waals surface area contributed by atoms with Gasteiger partial charge in [0.15, 0.2) is 0 Å². The van der Waals surface area contributed by atoms with Crippen LogP contribution in [0, 0.1) is 6.92 Å². The van der Waals surface area contributed by atoms with Crippen molar-refractivity contribution in [2.75, 3.05) is 0 Å². The fourth-order valence-electron chi connectivity index (χ4n) is 4.33. The maximum atomic E-state index is 12.0. The van der Waals surface area contributed by atoms with E-state index < -0.39 is 5.60 Å². The van der Waals surface area contributed by atoms with E-state index in [0.717, 1.165) is 37.9 Å². The fourth-order valence-corrected chi connectivity index (χ4v) is 5.04. The van der Waals surface area contributed by atoms with E-state index in [0.29, 0.717) is 18.6 Å². The third-order valence-electron chi connectivity index (χ3n) is 5.36. The van der Waals surface area contributed by atoms with Crippen LogP contribution in [0.3, 0.4) is 0 Å². The minimum atomic E-state index is -0.831. The zero-order chi connectivity index (χ0) is 16.7. The molecule has 2 saturated heterocycles. The van der Waals surface area contributed by atoms with Crippen LogP contribution < -0.4 is 5.56 Å². The van der Waals surface area contributed by atoms with Gasteiger partial charge in [-0.1, -0.05) is 6.07 Å². The topological polar surface area (TPSA) is 58.4 Å². The maximum Gasteiger partial charge on any atom is 0.266 e. The number of nitrogens with zero attached hydrogens (tertiary/aromatic N) is 3. The highest BCUT2D eigenvalue weighted by atomic mass is 32.1. The van der Waals surface area contributed by atoms with Gasteiger partial charge in [-0.3, -0.25) is 9.69 Å². The molecule has 0 saturated carbocycles. The fraction of sp³-hybridized carbons (Fsp3) is 0.556. The molecule has 2 atom stereocenters. The SMILES string of the molecule is Cc1ccc(=O)n(CC2(O)C[C@@H]3CC[C@@H](C2)N3Cc2cccs2)n1. The van der Waals surface area contributed by atoms with E-state index in [-0.39, 0.29) is 5.56 Å². The van der Waals surface area contributed by atoms with Crippen LogP contribution in [0.2, 0.25) is 0 Å². The van der Waals surface area contributed by atoms with Gasteiger partial charge in [-0.05, 0) is 50.1 Å². The molecule has 0 spiro atoms. The van der Waals surface area contributed by atoms with E-state index in [1.165, 1.54) is 15.6 Å². The van der Waals surface area contributed by atoms with Crippen molar-refractivity contribution in [2.45, 2.75) is 63.4 Å². The second-order valence-electron chi connectivity index (χ2n) is 7.24. The molecule has 2 aromatic heterocycles. The van der Waals surface area contributed by atoms with Gasteiger partial charge in [0.1, 0.15) is 0 Å². The van der Waals surface area contributed by atoms with Crippen LogP contribution >= 0.6 is 11.3 Å². The molecule has 0 amide bonds. The monoisotopic (exact) mass is 345 g/mol. The Balaban J connectivity index is 1.51. The van der Waals surface area contributed by atoms with E-state index in [1.54, 1.807) is 17.4 Å². The minimum Gasteiger partial charge on any atom is -0.388 e. The highest BCUT2D eigenvalue weighted by Gasteiger charge is 2.47. The van der Waals surface area contributed by atoms with Crippen molar-refractivity contribution < 1.29 is 5.11 Å². The molecule has 4 rings (SSSR count). The van der Waals surface area contributed by atoms with Crippen molar-refractivity contribution in [3.63, 3.8) is 0 Å². The Bertz CT molecular complexity index is 757. The van der Waals surface area contributed by atoms with Crippen molar-refractivity contribution in [3.8, 4) is 0 Å². The summed E-state index contributed by atoms with van der Waals surface area (Å²) in [6.07, 6.45) is 3.71. The van der Waals surface area contributed by atoms with E-state index >= 15 is 0 Å².